The van der Waals surface area contributed by atoms with Gasteiger partial charge in [0, 0.05) is 16.5 Å². The average Bonchev–Trinajstić information content (AvgIpc) is 2.69. The van der Waals surface area contributed by atoms with E-state index in [2.05, 4.69) is 91.0 Å². The summed E-state index contributed by atoms with van der Waals surface area (Å²) in [6, 6.07) is 27.2. The molecule has 4 rings (SSSR count). The summed E-state index contributed by atoms with van der Waals surface area (Å²) in [6.07, 6.45) is 0. The molecule has 1 aliphatic heterocycles. The van der Waals surface area contributed by atoms with E-state index in [9.17, 15) is 0 Å². The molecule has 0 atom stereocenters. The molecule has 128 valence electrons. The second-order valence-electron chi connectivity index (χ2n) is 6.36. The van der Waals surface area contributed by atoms with Crippen molar-refractivity contribution in [2.75, 3.05) is 5.01 Å². The number of rotatable bonds is 3. The van der Waals surface area contributed by atoms with Crippen molar-refractivity contribution >= 4 is 28.2 Å². The fourth-order valence-corrected chi connectivity index (χ4v) is 3.93. The summed E-state index contributed by atoms with van der Waals surface area (Å²) in [6.45, 7) is 4.29. The SMILES string of the molecule is Cc1ccc(C2=CSC(c3ccccc3)=NN2c2ccccc2)c(C)c1. The van der Waals surface area contributed by atoms with Crippen molar-refractivity contribution in [3.05, 3.63) is 107 Å². The highest BCUT2D eigenvalue weighted by Crippen LogP contribution is 2.36. The lowest BCUT2D eigenvalue weighted by Crippen LogP contribution is -2.20. The molecule has 0 spiro atoms. The number of aryl methyl sites for hydroxylation is 2. The molecule has 0 aromatic heterocycles. The maximum Gasteiger partial charge on any atom is 0.129 e. The predicted molar refractivity (Wildman–Crippen MR) is 113 cm³/mol. The molecular weight excluding hydrogens is 336 g/mol. The molecule has 0 N–H and O–H groups in total. The number of nitrogens with zero attached hydrogens (tertiary/aromatic N) is 2. The highest BCUT2D eigenvalue weighted by atomic mass is 32.2. The van der Waals surface area contributed by atoms with Crippen LogP contribution in [0.3, 0.4) is 0 Å². The fourth-order valence-electron chi connectivity index (χ4n) is 3.08. The van der Waals surface area contributed by atoms with Gasteiger partial charge in [0.05, 0.1) is 11.4 Å². The number of anilines is 1. The number of hydrogen-bond donors (Lipinski definition) is 0. The van der Waals surface area contributed by atoms with E-state index in [1.807, 2.05) is 12.1 Å². The maximum absolute atomic E-state index is 4.99. The van der Waals surface area contributed by atoms with Gasteiger partial charge in [-0.2, -0.15) is 5.10 Å². The molecule has 3 heteroatoms. The minimum absolute atomic E-state index is 1.00. The van der Waals surface area contributed by atoms with E-state index in [0.29, 0.717) is 0 Å². The van der Waals surface area contributed by atoms with E-state index in [1.165, 1.54) is 16.7 Å². The van der Waals surface area contributed by atoms with Crippen LogP contribution in [0.2, 0.25) is 0 Å². The van der Waals surface area contributed by atoms with Gasteiger partial charge in [-0.15, -0.1) is 0 Å². The van der Waals surface area contributed by atoms with Gasteiger partial charge < -0.3 is 0 Å². The Morgan fingerprint density at radius 2 is 1.50 bits per heavy atom. The summed E-state index contributed by atoms with van der Waals surface area (Å²) in [4.78, 5) is 0. The lowest BCUT2D eigenvalue weighted by Gasteiger charge is -2.28. The molecule has 0 saturated heterocycles. The number of thioether (sulfide) groups is 1. The number of hydrazone groups is 1. The molecule has 3 aromatic rings. The van der Waals surface area contributed by atoms with Crippen molar-refractivity contribution in [1.29, 1.82) is 0 Å². The topological polar surface area (TPSA) is 15.6 Å². The van der Waals surface area contributed by atoms with Crippen LogP contribution >= 0.6 is 11.8 Å². The van der Waals surface area contributed by atoms with Crippen molar-refractivity contribution in [1.82, 2.24) is 0 Å². The van der Waals surface area contributed by atoms with Gasteiger partial charge in [-0.25, -0.2) is 5.01 Å². The second kappa shape index (κ2) is 7.22. The van der Waals surface area contributed by atoms with Gasteiger partial charge in [-0.1, -0.05) is 84.1 Å². The smallest absolute Gasteiger partial charge is 0.129 e. The summed E-state index contributed by atoms with van der Waals surface area (Å²) in [5.74, 6) is 0. The van der Waals surface area contributed by atoms with Crippen LogP contribution in [0, 0.1) is 13.8 Å². The van der Waals surface area contributed by atoms with E-state index in [1.54, 1.807) is 11.8 Å². The number of benzene rings is 3. The molecular formula is C23H20N2S. The summed E-state index contributed by atoms with van der Waals surface area (Å²) in [7, 11) is 0. The molecule has 26 heavy (non-hydrogen) atoms. The molecule has 2 nitrogen and oxygen atoms in total. The van der Waals surface area contributed by atoms with Crippen LogP contribution < -0.4 is 5.01 Å². The van der Waals surface area contributed by atoms with Gasteiger partial charge in [-0.3, -0.25) is 0 Å². The molecule has 0 aliphatic carbocycles. The van der Waals surface area contributed by atoms with E-state index in [4.69, 9.17) is 5.10 Å². The first-order chi connectivity index (χ1) is 12.7. The highest BCUT2D eigenvalue weighted by Gasteiger charge is 2.21. The first-order valence-corrected chi connectivity index (χ1v) is 9.54. The van der Waals surface area contributed by atoms with Crippen molar-refractivity contribution in [3.8, 4) is 0 Å². The van der Waals surface area contributed by atoms with Crippen LogP contribution in [0.5, 0.6) is 0 Å². The molecule has 0 saturated carbocycles. The van der Waals surface area contributed by atoms with Gasteiger partial charge in [0.25, 0.3) is 0 Å². The minimum Gasteiger partial charge on any atom is -0.231 e. The Hall–Kier alpha value is -2.78. The Morgan fingerprint density at radius 3 is 2.19 bits per heavy atom. The highest BCUT2D eigenvalue weighted by molar-refractivity contribution is 8.17. The Morgan fingerprint density at radius 1 is 0.808 bits per heavy atom. The third kappa shape index (κ3) is 3.31. The van der Waals surface area contributed by atoms with Crippen molar-refractivity contribution < 1.29 is 0 Å². The molecule has 0 unspecified atom stereocenters. The molecule has 3 aromatic carbocycles. The third-order valence-electron chi connectivity index (χ3n) is 4.38. The molecule has 1 heterocycles. The van der Waals surface area contributed by atoms with E-state index < -0.39 is 0 Å². The van der Waals surface area contributed by atoms with E-state index >= 15 is 0 Å². The monoisotopic (exact) mass is 356 g/mol. The van der Waals surface area contributed by atoms with Crippen LogP contribution in [0.25, 0.3) is 5.70 Å². The average molecular weight is 356 g/mol. The summed E-state index contributed by atoms with van der Waals surface area (Å²) in [5.41, 5.74) is 7.05. The summed E-state index contributed by atoms with van der Waals surface area (Å²) in [5, 5.41) is 10.3. The second-order valence-corrected chi connectivity index (χ2v) is 7.22. The van der Waals surface area contributed by atoms with Crippen LogP contribution in [0.15, 0.2) is 89.4 Å². The zero-order chi connectivity index (χ0) is 17.9. The van der Waals surface area contributed by atoms with E-state index in [0.717, 1.165) is 22.0 Å². The molecule has 0 bridgehead atoms. The zero-order valence-electron chi connectivity index (χ0n) is 14.9. The predicted octanol–water partition coefficient (Wildman–Crippen LogP) is 6.22. The van der Waals surface area contributed by atoms with Crippen molar-refractivity contribution in [2.45, 2.75) is 13.8 Å². The van der Waals surface area contributed by atoms with Gasteiger partial charge in [0.15, 0.2) is 0 Å². The van der Waals surface area contributed by atoms with Gasteiger partial charge in [0.1, 0.15) is 5.04 Å². The Bertz CT molecular complexity index is 976. The van der Waals surface area contributed by atoms with Crippen molar-refractivity contribution in [3.63, 3.8) is 0 Å². The van der Waals surface area contributed by atoms with Gasteiger partial charge in [-0.05, 0) is 31.5 Å². The standard InChI is InChI=1S/C23H20N2S/c1-17-13-14-21(18(2)15-17)22-16-26-23(19-9-5-3-6-10-19)24-25(22)20-11-7-4-8-12-20/h3-16H,1-2H3. The Balaban J connectivity index is 1.81. The van der Waals surface area contributed by atoms with Gasteiger partial charge in [0.2, 0.25) is 0 Å². The van der Waals surface area contributed by atoms with Crippen molar-refractivity contribution in [2.24, 2.45) is 5.10 Å². The van der Waals surface area contributed by atoms with Crippen LogP contribution in [0.1, 0.15) is 22.3 Å². The maximum atomic E-state index is 4.99. The minimum atomic E-state index is 1.00. The van der Waals surface area contributed by atoms with Crippen LogP contribution in [0.4, 0.5) is 5.69 Å². The largest absolute Gasteiger partial charge is 0.231 e. The number of para-hydroxylation sites is 1. The lowest BCUT2D eigenvalue weighted by atomic mass is 10.0. The molecule has 0 amide bonds. The number of hydrogen-bond acceptors (Lipinski definition) is 3. The van der Waals surface area contributed by atoms with E-state index in [-0.39, 0.29) is 0 Å². The molecule has 1 aliphatic rings. The first kappa shape index (κ1) is 16.7. The summed E-state index contributed by atoms with van der Waals surface area (Å²) >= 11 is 1.68. The molecule has 0 radical (unpaired) electrons. The van der Waals surface area contributed by atoms with Crippen LogP contribution in [-0.4, -0.2) is 5.04 Å². The Labute approximate surface area is 158 Å². The Kier molecular flexibility index (Phi) is 4.63. The lowest BCUT2D eigenvalue weighted by molar-refractivity contribution is 1.09. The third-order valence-corrected chi connectivity index (χ3v) is 5.26. The normalized spacial score (nSPS) is 14.0. The molecule has 0 fully saturated rings. The van der Waals surface area contributed by atoms with Crippen LogP contribution in [-0.2, 0) is 0 Å². The first-order valence-electron chi connectivity index (χ1n) is 8.66. The summed E-state index contributed by atoms with van der Waals surface area (Å²) < 4.78 is 0. The zero-order valence-corrected chi connectivity index (χ0v) is 15.7. The fraction of sp³-hybridized carbons (Fsp3) is 0.0870. The quantitative estimate of drug-likeness (QED) is 0.554. The van der Waals surface area contributed by atoms with Gasteiger partial charge >= 0.3 is 0 Å².